The Morgan fingerprint density at radius 2 is 1.94 bits per heavy atom. The Morgan fingerprint density at radius 3 is 2.48 bits per heavy atom. The zero-order valence-corrected chi connectivity index (χ0v) is 21.4. The first kappa shape index (κ1) is 25.9. The van der Waals surface area contributed by atoms with Gasteiger partial charge in [-0.3, -0.25) is 0 Å². The Hall–Kier alpha value is -1.34. The summed E-state index contributed by atoms with van der Waals surface area (Å²) < 4.78 is 0. The summed E-state index contributed by atoms with van der Waals surface area (Å²) in [5.41, 5.74) is 7.27. The van der Waals surface area contributed by atoms with Crippen LogP contribution in [-0.4, -0.2) is 12.6 Å². The first-order valence-corrected chi connectivity index (χ1v) is 13.1. The van der Waals surface area contributed by atoms with E-state index in [4.69, 9.17) is 0 Å². The summed E-state index contributed by atoms with van der Waals surface area (Å²) in [7, 11) is 0. The van der Waals surface area contributed by atoms with Gasteiger partial charge in [0.05, 0.1) is 0 Å². The molecule has 0 aromatic heterocycles. The second-order valence-corrected chi connectivity index (χ2v) is 10.1. The molecule has 174 valence electrons. The lowest BCUT2D eigenvalue weighted by Gasteiger charge is -2.28. The molecule has 0 aromatic rings. The fourth-order valence-corrected chi connectivity index (χ4v) is 4.94. The van der Waals surface area contributed by atoms with Crippen molar-refractivity contribution in [3.05, 3.63) is 58.7 Å². The maximum Gasteiger partial charge on any atom is 0.0288 e. The van der Waals surface area contributed by atoms with E-state index < -0.39 is 0 Å². The van der Waals surface area contributed by atoms with Crippen molar-refractivity contribution < 1.29 is 0 Å². The minimum atomic E-state index is 0.468. The highest BCUT2D eigenvalue weighted by Crippen LogP contribution is 2.41. The normalized spacial score (nSPS) is 20.7. The quantitative estimate of drug-likeness (QED) is 0.275. The van der Waals surface area contributed by atoms with E-state index in [1.54, 1.807) is 5.57 Å². The van der Waals surface area contributed by atoms with Crippen LogP contribution in [0.2, 0.25) is 0 Å². The van der Waals surface area contributed by atoms with Gasteiger partial charge in [-0.15, -0.1) is 0 Å². The molecule has 1 fully saturated rings. The highest BCUT2D eigenvalue weighted by Gasteiger charge is 2.30. The zero-order valence-electron chi connectivity index (χ0n) is 21.4. The molecule has 0 aliphatic heterocycles. The van der Waals surface area contributed by atoms with Gasteiger partial charge >= 0.3 is 0 Å². The number of nitrogens with one attached hydrogen (secondary N) is 1. The van der Waals surface area contributed by atoms with Crippen molar-refractivity contribution in [2.45, 2.75) is 105 Å². The van der Waals surface area contributed by atoms with Crippen LogP contribution in [0.15, 0.2) is 58.7 Å². The van der Waals surface area contributed by atoms with E-state index in [2.05, 4.69) is 77.7 Å². The second-order valence-electron chi connectivity index (χ2n) is 10.1. The maximum absolute atomic E-state index is 4.55. The molecule has 2 aliphatic rings. The van der Waals surface area contributed by atoms with Gasteiger partial charge in [-0.05, 0) is 81.3 Å². The van der Waals surface area contributed by atoms with E-state index >= 15 is 0 Å². The maximum atomic E-state index is 4.55. The molecule has 3 unspecified atom stereocenters. The molecule has 0 saturated heterocycles. The standard InChI is InChI=1S/C30H49N/c1-8-11-13-29(25(7)24(6)27-18-19-27)23(5)21-31-30(20-26(10-3)12-9-2)28-16-14-22(4)15-17-28/h11,13-14,16,24,26-27,30-31H,5,8-10,12,15,17-21H2,1-4,6-7H3/b13-11-,29-25-. The summed E-state index contributed by atoms with van der Waals surface area (Å²) in [6, 6.07) is 0.468. The Kier molecular flexibility index (Phi) is 11.1. The van der Waals surface area contributed by atoms with Gasteiger partial charge in [0.2, 0.25) is 0 Å². The third kappa shape index (κ3) is 8.26. The summed E-state index contributed by atoms with van der Waals surface area (Å²) in [5.74, 6) is 2.36. The van der Waals surface area contributed by atoms with Gasteiger partial charge in [-0.25, -0.2) is 0 Å². The molecule has 2 rings (SSSR count). The number of allylic oxidation sites excluding steroid dienone is 6. The van der Waals surface area contributed by atoms with Crippen LogP contribution in [-0.2, 0) is 0 Å². The van der Waals surface area contributed by atoms with Crippen LogP contribution < -0.4 is 5.32 Å². The van der Waals surface area contributed by atoms with Crippen LogP contribution in [0.5, 0.6) is 0 Å². The predicted octanol–water partition coefficient (Wildman–Crippen LogP) is 8.71. The fourth-order valence-electron chi connectivity index (χ4n) is 4.94. The minimum absolute atomic E-state index is 0.468. The number of hydrogen-bond donors (Lipinski definition) is 1. The number of hydrogen-bond acceptors (Lipinski definition) is 1. The molecule has 2 aliphatic carbocycles. The van der Waals surface area contributed by atoms with E-state index in [1.165, 1.54) is 73.7 Å². The van der Waals surface area contributed by atoms with E-state index in [9.17, 15) is 0 Å². The molecule has 1 heteroatoms. The van der Waals surface area contributed by atoms with Crippen LogP contribution in [0.1, 0.15) is 99.3 Å². The summed E-state index contributed by atoms with van der Waals surface area (Å²) >= 11 is 0. The van der Waals surface area contributed by atoms with Gasteiger partial charge in [0.15, 0.2) is 0 Å². The lowest BCUT2D eigenvalue weighted by Crippen LogP contribution is -2.35. The molecule has 1 N–H and O–H groups in total. The topological polar surface area (TPSA) is 12.0 Å². The Morgan fingerprint density at radius 1 is 1.19 bits per heavy atom. The first-order chi connectivity index (χ1) is 14.9. The highest BCUT2D eigenvalue weighted by atomic mass is 14.9. The molecule has 0 heterocycles. The molecule has 3 atom stereocenters. The van der Waals surface area contributed by atoms with Gasteiger partial charge in [-0.2, -0.15) is 0 Å². The van der Waals surface area contributed by atoms with Crippen LogP contribution in [0, 0.1) is 17.8 Å². The van der Waals surface area contributed by atoms with Crippen molar-refractivity contribution in [2.24, 2.45) is 17.8 Å². The summed E-state index contributed by atoms with van der Waals surface area (Å²) in [4.78, 5) is 0. The van der Waals surface area contributed by atoms with E-state index in [-0.39, 0.29) is 0 Å². The Bertz CT molecular complexity index is 698. The van der Waals surface area contributed by atoms with Gasteiger partial charge in [0.1, 0.15) is 0 Å². The highest BCUT2D eigenvalue weighted by molar-refractivity contribution is 5.43. The molecular weight excluding hydrogens is 374 g/mol. The molecular formula is C30H49N. The van der Waals surface area contributed by atoms with E-state index in [1.807, 2.05) is 0 Å². The van der Waals surface area contributed by atoms with E-state index in [0.29, 0.717) is 12.0 Å². The Balaban J connectivity index is 2.15. The van der Waals surface area contributed by atoms with Crippen molar-refractivity contribution in [3.63, 3.8) is 0 Å². The zero-order chi connectivity index (χ0) is 22.8. The molecule has 0 amide bonds. The molecule has 0 aromatic carbocycles. The van der Waals surface area contributed by atoms with E-state index in [0.717, 1.165) is 24.8 Å². The molecule has 0 radical (unpaired) electrons. The SMILES string of the molecule is C=C(CNC(CC(CC)CCC)C1=CC=C(C)CC1)C(/C=C\CC)=C(/C)C(C)C1CC1. The van der Waals surface area contributed by atoms with Crippen molar-refractivity contribution in [3.8, 4) is 0 Å². The number of rotatable bonds is 14. The lowest BCUT2D eigenvalue weighted by molar-refractivity contribution is 0.377. The van der Waals surface area contributed by atoms with Gasteiger partial charge < -0.3 is 5.32 Å². The summed E-state index contributed by atoms with van der Waals surface area (Å²) in [6.07, 6.45) is 20.8. The lowest BCUT2D eigenvalue weighted by atomic mass is 9.85. The smallest absolute Gasteiger partial charge is 0.0288 e. The van der Waals surface area contributed by atoms with Crippen LogP contribution in [0.3, 0.4) is 0 Å². The monoisotopic (exact) mass is 423 g/mol. The second kappa shape index (κ2) is 13.3. The Labute approximate surface area is 193 Å². The van der Waals surface area contributed by atoms with Gasteiger partial charge in [0.25, 0.3) is 0 Å². The first-order valence-electron chi connectivity index (χ1n) is 13.1. The predicted molar refractivity (Wildman–Crippen MR) is 139 cm³/mol. The third-order valence-electron chi connectivity index (χ3n) is 7.58. The molecule has 1 nitrogen and oxygen atoms in total. The van der Waals surface area contributed by atoms with Crippen molar-refractivity contribution in [1.29, 1.82) is 0 Å². The molecule has 0 bridgehead atoms. The minimum Gasteiger partial charge on any atom is -0.306 e. The van der Waals surface area contributed by atoms with Crippen LogP contribution in [0.25, 0.3) is 0 Å². The summed E-state index contributed by atoms with van der Waals surface area (Å²) in [5, 5.41) is 3.96. The van der Waals surface area contributed by atoms with Gasteiger partial charge in [-0.1, -0.05) is 94.6 Å². The van der Waals surface area contributed by atoms with Crippen molar-refractivity contribution >= 4 is 0 Å². The molecule has 0 spiro atoms. The molecule has 1 saturated carbocycles. The van der Waals surface area contributed by atoms with Crippen molar-refractivity contribution in [1.82, 2.24) is 5.32 Å². The van der Waals surface area contributed by atoms with Crippen LogP contribution in [0.4, 0.5) is 0 Å². The summed E-state index contributed by atoms with van der Waals surface area (Å²) in [6.45, 7) is 19.3. The van der Waals surface area contributed by atoms with Gasteiger partial charge in [0, 0.05) is 12.6 Å². The third-order valence-corrected chi connectivity index (χ3v) is 7.58. The average molecular weight is 424 g/mol. The van der Waals surface area contributed by atoms with Crippen LogP contribution >= 0.6 is 0 Å². The largest absolute Gasteiger partial charge is 0.306 e. The average Bonchev–Trinajstić information content (AvgIpc) is 3.61. The molecule has 31 heavy (non-hydrogen) atoms. The van der Waals surface area contributed by atoms with Crippen molar-refractivity contribution in [2.75, 3.05) is 6.54 Å². The fraction of sp³-hybridized carbons (Fsp3) is 0.667.